The van der Waals surface area contributed by atoms with Crippen molar-refractivity contribution in [1.29, 1.82) is 0 Å². The third kappa shape index (κ3) is 6.62. The normalized spacial score (nSPS) is 21.3. The van der Waals surface area contributed by atoms with E-state index in [2.05, 4.69) is 20.8 Å². The second kappa shape index (κ2) is 13.1. The van der Waals surface area contributed by atoms with Gasteiger partial charge in [0.15, 0.2) is 10.8 Å². The number of carboxylic acid groups (broad SMARTS) is 1. The number of rotatable bonds is 9. The number of hydrogen-bond acceptors (Lipinski definition) is 13. The second-order valence-electron chi connectivity index (χ2n) is 8.04. The number of β-lactam (4-membered cyclic amide) rings is 1. The van der Waals surface area contributed by atoms with Crippen LogP contribution in [0.25, 0.3) is 0 Å². The molecule has 0 saturated carbocycles. The predicted octanol–water partition coefficient (Wildman–Crippen LogP) is 0.156. The Hall–Kier alpha value is -3.37. The summed E-state index contributed by atoms with van der Waals surface area (Å²) in [7, 11) is 1.25. The van der Waals surface area contributed by atoms with Gasteiger partial charge in [0.2, 0.25) is 0 Å². The largest absolute Gasteiger partial charge is 1.00 e. The van der Waals surface area contributed by atoms with Gasteiger partial charge >= 0.3 is 28.3 Å². The Kier molecular flexibility index (Phi) is 10.2. The van der Waals surface area contributed by atoms with E-state index in [1.165, 1.54) is 37.1 Å². The summed E-state index contributed by atoms with van der Waals surface area (Å²) in [5.41, 5.74) is 0.511. The molecule has 3 aliphatic rings. The fourth-order valence-corrected chi connectivity index (χ4v) is 5.77. The minimum Gasteiger partial charge on any atom is -0.543 e. The van der Waals surface area contributed by atoms with E-state index >= 15 is 0 Å². The number of carbonyl (C=O) groups excluding carboxylic acids is 4. The third-order valence-corrected chi connectivity index (χ3v) is 7.66. The van der Waals surface area contributed by atoms with Crippen LogP contribution in [0.1, 0.15) is 19.0 Å². The number of hydrogen-bond donors (Lipinski definition) is 3. The van der Waals surface area contributed by atoms with Gasteiger partial charge in [-0.25, -0.2) is 4.98 Å². The monoisotopic (exact) mass is 667 g/mol. The Morgan fingerprint density at radius 3 is 2.82 bits per heavy atom. The second-order valence-corrected chi connectivity index (χ2v) is 10.0. The quantitative estimate of drug-likeness (QED) is 0.107. The van der Waals surface area contributed by atoms with Crippen molar-refractivity contribution >= 4 is 57.7 Å². The number of nitrogens with one attached hydrogen (secondary N) is 2. The molecule has 1 saturated heterocycles. The van der Waals surface area contributed by atoms with E-state index in [-0.39, 0.29) is 63.2 Å². The van der Waals surface area contributed by atoms with Crippen LogP contribution in [-0.2, 0) is 51.1 Å². The van der Waals surface area contributed by atoms with Crippen LogP contribution in [0.3, 0.4) is 0 Å². The number of allylic oxidation sites excluding steroid dienone is 4. The van der Waals surface area contributed by atoms with Crippen molar-refractivity contribution in [2.24, 2.45) is 5.16 Å². The minimum absolute atomic E-state index is 0. The molecule has 1 aromatic rings. The molecule has 3 heterocycles. The number of carbonyl (C=O) groups is 4. The number of thioether (sulfide) groups is 1. The summed E-state index contributed by atoms with van der Waals surface area (Å²) < 4.78 is 4.89. The van der Waals surface area contributed by atoms with Crippen LogP contribution in [0.15, 0.2) is 57.6 Å². The predicted molar refractivity (Wildman–Crippen MR) is 136 cm³/mol. The summed E-state index contributed by atoms with van der Waals surface area (Å²) in [6, 6.07) is -1.03. The number of amides is 2. The molecule has 1 aliphatic carbocycles. The molecular weight excluding hydrogens is 646 g/mol. The van der Waals surface area contributed by atoms with Gasteiger partial charge in [0.05, 0.1) is 11.7 Å². The van der Waals surface area contributed by atoms with Crippen LogP contribution in [0.2, 0.25) is 0 Å². The average molecular weight is 668 g/mol. The van der Waals surface area contributed by atoms with Crippen LogP contribution < -0.4 is 15.7 Å². The van der Waals surface area contributed by atoms with Gasteiger partial charge in [-0.15, -0.1) is 23.1 Å². The van der Waals surface area contributed by atoms with Crippen molar-refractivity contribution < 1.29 is 61.3 Å². The molecule has 39 heavy (non-hydrogen) atoms. The van der Waals surface area contributed by atoms with E-state index in [4.69, 9.17) is 9.57 Å². The molecule has 1 aromatic heterocycles. The van der Waals surface area contributed by atoms with E-state index < -0.39 is 35.2 Å². The average Bonchev–Trinajstić information content (AvgIpc) is 3.36. The molecular formula is C23H22AgN5O8S2. The van der Waals surface area contributed by atoms with Crippen LogP contribution in [0.4, 0.5) is 5.13 Å². The van der Waals surface area contributed by atoms with Gasteiger partial charge in [0, 0.05) is 35.4 Å². The number of aliphatic carboxylic acids is 1. The third-order valence-electron chi connectivity index (χ3n) is 5.55. The molecule has 4 rings (SSSR count). The maximum absolute atomic E-state index is 13.1. The zero-order valence-electron chi connectivity index (χ0n) is 20.4. The molecule has 0 spiro atoms. The van der Waals surface area contributed by atoms with Gasteiger partial charge in [0.25, 0.3) is 11.8 Å². The van der Waals surface area contributed by atoms with Gasteiger partial charge in [-0.05, 0) is 12.5 Å². The Balaban J connectivity index is 0.00000420. The van der Waals surface area contributed by atoms with Gasteiger partial charge in [-0.3, -0.25) is 19.3 Å². The van der Waals surface area contributed by atoms with Crippen LogP contribution in [0.5, 0.6) is 0 Å². The molecule has 210 valence electrons. The van der Waals surface area contributed by atoms with Gasteiger partial charge < -0.3 is 35.2 Å². The first-order valence-electron chi connectivity index (χ1n) is 11.1. The first kappa shape index (κ1) is 30.2. The maximum atomic E-state index is 13.1. The Bertz CT molecular complexity index is 1340. The fraction of sp³-hybridized carbons (Fsp3) is 0.304. The van der Waals surface area contributed by atoms with Gasteiger partial charge in [-0.2, -0.15) is 0 Å². The minimum atomic E-state index is -1.58. The molecule has 0 aromatic carbocycles. The van der Waals surface area contributed by atoms with Crippen molar-refractivity contribution in [3.05, 3.63) is 58.1 Å². The Morgan fingerprint density at radius 2 is 2.15 bits per heavy atom. The summed E-state index contributed by atoms with van der Waals surface area (Å²) >= 11 is 2.40. The standard InChI is InChI=1S/C23H23N5O8S2.Ag/c1-11(29)36-8-13-9-37-21-17(20(32)28(21)18(13)22(33)34)26-19(31)16(27-35-2)14-10-38-23(25-14)24-7-12-5-3-4-6-15(12)30;/h3-4,6-7,10,17,21,30H,5,8-9H2,1-2H3,(H,24,25)(H,26,31)(H,33,34);/q;+1/p-1/b12-7-,27-16-;/t17-,21-;/m1./s1. The zero-order chi connectivity index (χ0) is 27.4. The molecule has 2 atom stereocenters. The summed E-state index contributed by atoms with van der Waals surface area (Å²) in [6.45, 7) is 0.903. The Labute approximate surface area is 246 Å². The zero-order valence-corrected chi connectivity index (χ0v) is 23.5. The number of oxime groups is 1. The van der Waals surface area contributed by atoms with Crippen molar-refractivity contribution in [2.75, 3.05) is 24.8 Å². The molecule has 16 heteroatoms. The number of carboxylic acids is 1. The Morgan fingerprint density at radius 1 is 1.38 bits per heavy atom. The first-order chi connectivity index (χ1) is 18.2. The van der Waals surface area contributed by atoms with Crippen LogP contribution in [0, 0.1) is 0 Å². The van der Waals surface area contributed by atoms with E-state index in [0.29, 0.717) is 17.1 Å². The first-order valence-corrected chi connectivity index (χ1v) is 13.0. The molecule has 2 aliphatic heterocycles. The van der Waals surface area contributed by atoms with E-state index in [0.717, 1.165) is 4.90 Å². The molecule has 0 radical (unpaired) electrons. The smallest absolute Gasteiger partial charge is 0.543 e. The number of anilines is 1. The SMILES string of the molecule is CO/N=C(\C(=O)N[C@@H]1C(=O)N2C(C(=O)[O-])=C(COC(C)=O)CS[C@H]12)c1csc(N/C=C2/CC=CC=C2O)n1.[Ag+]. The van der Waals surface area contributed by atoms with E-state index in [1.54, 1.807) is 23.7 Å². The number of thiazole rings is 1. The molecule has 2 amide bonds. The number of ether oxygens (including phenoxy) is 1. The maximum Gasteiger partial charge on any atom is 1.00 e. The van der Waals surface area contributed by atoms with E-state index in [1.807, 2.05) is 6.08 Å². The summed E-state index contributed by atoms with van der Waals surface area (Å²) in [5, 5.41) is 32.3. The topological polar surface area (TPSA) is 183 Å². The van der Waals surface area contributed by atoms with E-state index in [9.17, 15) is 29.4 Å². The number of nitrogens with zero attached hydrogens (tertiary/aromatic N) is 3. The van der Waals surface area contributed by atoms with Gasteiger partial charge in [0.1, 0.15) is 36.6 Å². The molecule has 0 bridgehead atoms. The number of aliphatic hydroxyl groups excluding tert-OH is 1. The summed E-state index contributed by atoms with van der Waals surface area (Å²) in [4.78, 5) is 58.9. The van der Waals surface area contributed by atoms with Crippen molar-refractivity contribution in [3.8, 4) is 0 Å². The molecule has 1 fully saturated rings. The van der Waals surface area contributed by atoms with Crippen molar-refractivity contribution in [1.82, 2.24) is 15.2 Å². The number of fused-ring (bicyclic) bond motifs is 1. The number of esters is 1. The van der Waals surface area contributed by atoms with Crippen molar-refractivity contribution in [2.45, 2.75) is 24.8 Å². The number of aliphatic hydroxyl groups is 1. The van der Waals surface area contributed by atoms with Crippen LogP contribution in [-0.4, -0.2) is 75.3 Å². The van der Waals surface area contributed by atoms with Crippen LogP contribution >= 0.6 is 23.1 Å². The molecule has 3 N–H and O–H groups in total. The molecule has 13 nitrogen and oxygen atoms in total. The van der Waals surface area contributed by atoms with Gasteiger partial charge in [-0.1, -0.05) is 17.3 Å². The summed E-state index contributed by atoms with van der Waals surface area (Å²) in [5.74, 6) is -3.29. The summed E-state index contributed by atoms with van der Waals surface area (Å²) in [6.07, 6.45) is 7.34. The fourth-order valence-electron chi connectivity index (χ4n) is 3.77. The molecule has 0 unspecified atom stereocenters. The number of aromatic nitrogens is 1. The van der Waals surface area contributed by atoms with Crippen molar-refractivity contribution in [3.63, 3.8) is 0 Å².